The molecule has 68 valence electrons. The summed E-state index contributed by atoms with van der Waals surface area (Å²) in [6, 6.07) is 0. The van der Waals surface area contributed by atoms with E-state index in [-0.39, 0.29) is 0 Å². The van der Waals surface area contributed by atoms with Crippen molar-refractivity contribution in [3.8, 4) is 0 Å². The van der Waals surface area contributed by atoms with E-state index in [1.807, 2.05) is 18.0 Å². The summed E-state index contributed by atoms with van der Waals surface area (Å²) in [5.41, 5.74) is 0. The highest BCUT2D eigenvalue weighted by Gasteiger charge is 2.18. The number of hydrogen-bond acceptors (Lipinski definition) is 2. The molecule has 1 rings (SSSR count). The van der Waals surface area contributed by atoms with Crippen molar-refractivity contribution in [3.63, 3.8) is 0 Å². The van der Waals surface area contributed by atoms with Crippen LogP contribution in [-0.4, -0.2) is 36.7 Å². The normalized spacial score (nSPS) is 18.1. The molecule has 0 N–H and O–H groups in total. The Labute approximate surface area is 73.5 Å². The lowest BCUT2D eigenvalue weighted by Crippen LogP contribution is -2.25. The fourth-order valence-electron chi connectivity index (χ4n) is 1.42. The van der Waals surface area contributed by atoms with Crippen molar-refractivity contribution in [3.05, 3.63) is 0 Å². The van der Waals surface area contributed by atoms with Crippen LogP contribution in [0.2, 0.25) is 0 Å². The molecule has 0 aromatic heterocycles. The predicted molar refractivity (Wildman–Crippen MR) is 49.5 cm³/mol. The van der Waals surface area contributed by atoms with Gasteiger partial charge in [0.25, 0.3) is 0 Å². The molecule has 0 radical (unpaired) electrons. The summed E-state index contributed by atoms with van der Waals surface area (Å²) >= 11 is 0. The summed E-state index contributed by atoms with van der Waals surface area (Å²) in [6.07, 6.45) is 4.59. The zero-order valence-electron chi connectivity index (χ0n) is 7.62. The van der Waals surface area contributed by atoms with Crippen molar-refractivity contribution < 1.29 is 4.79 Å². The molecule has 0 bridgehead atoms. The molecule has 1 heterocycles. The van der Waals surface area contributed by atoms with Crippen molar-refractivity contribution in [2.24, 2.45) is 4.99 Å². The van der Waals surface area contributed by atoms with Crippen LogP contribution in [0.1, 0.15) is 26.2 Å². The minimum Gasteiger partial charge on any atom is -0.343 e. The van der Waals surface area contributed by atoms with Gasteiger partial charge in [-0.3, -0.25) is 9.79 Å². The van der Waals surface area contributed by atoms with E-state index in [4.69, 9.17) is 0 Å². The van der Waals surface area contributed by atoms with Gasteiger partial charge < -0.3 is 4.90 Å². The van der Waals surface area contributed by atoms with Crippen molar-refractivity contribution in [2.75, 3.05) is 19.6 Å². The maximum absolute atomic E-state index is 11.1. The van der Waals surface area contributed by atoms with E-state index < -0.39 is 0 Å². The van der Waals surface area contributed by atoms with Gasteiger partial charge in [0.1, 0.15) is 0 Å². The Morgan fingerprint density at radius 3 is 3.08 bits per heavy atom. The van der Waals surface area contributed by atoms with Gasteiger partial charge in [-0.15, -0.1) is 0 Å². The molecule has 1 amide bonds. The van der Waals surface area contributed by atoms with Crippen LogP contribution in [0.15, 0.2) is 4.99 Å². The SMILES string of the molecule is CC=NCCCN1CCCC1=O. The number of carbonyl (C=O) groups is 1. The fourth-order valence-corrected chi connectivity index (χ4v) is 1.42. The van der Waals surface area contributed by atoms with Gasteiger partial charge in [0.15, 0.2) is 0 Å². The number of nitrogens with zero attached hydrogens (tertiary/aromatic N) is 2. The van der Waals surface area contributed by atoms with Gasteiger partial charge in [0, 0.05) is 26.1 Å². The first-order valence-electron chi connectivity index (χ1n) is 4.57. The molecule has 1 aliphatic heterocycles. The van der Waals surface area contributed by atoms with Gasteiger partial charge in [-0.25, -0.2) is 0 Å². The average Bonchev–Trinajstić information content (AvgIpc) is 2.46. The van der Waals surface area contributed by atoms with Crippen LogP contribution in [0.4, 0.5) is 0 Å². The van der Waals surface area contributed by atoms with Crippen LogP contribution in [0.25, 0.3) is 0 Å². The van der Waals surface area contributed by atoms with Crippen molar-refractivity contribution in [1.29, 1.82) is 0 Å². The standard InChI is InChI=1S/C9H16N2O/c1-2-10-6-4-8-11-7-3-5-9(11)12/h2H,3-8H2,1H3. The Kier molecular flexibility index (Phi) is 3.77. The second kappa shape index (κ2) is 4.91. The Bertz CT molecular complexity index is 177. The number of amides is 1. The molecule has 0 spiro atoms. The molecule has 0 aromatic rings. The van der Waals surface area contributed by atoms with Crippen LogP contribution in [0.3, 0.4) is 0 Å². The maximum atomic E-state index is 11.1. The fraction of sp³-hybridized carbons (Fsp3) is 0.778. The minimum absolute atomic E-state index is 0.315. The Hall–Kier alpha value is -0.860. The first kappa shape index (κ1) is 9.23. The molecule has 1 saturated heterocycles. The quantitative estimate of drug-likeness (QED) is 0.457. The third kappa shape index (κ3) is 2.64. The number of aliphatic imine (C=N–C) groups is 1. The smallest absolute Gasteiger partial charge is 0.222 e. The van der Waals surface area contributed by atoms with E-state index in [9.17, 15) is 4.79 Å². The summed E-state index contributed by atoms with van der Waals surface area (Å²) in [4.78, 5) is 17.2. The molecule has 0 saturated carbocycles. The molecule has 12 heavy (non-hydrogen) atoms. The number of rotatable bonds is 4. The zero-order valence-corrected chi connectivity index (χ0v) is 7.62. The molecule has 0 atom stereocenters. The lowest BCUT2D eigenvalue weighted by Gasteiger charge is -2.13. The summed E-state index contributed by atoms with van der Waals surface area (Å²) in [5.74, 6) is 0.315. The second-order valence-electron chi connectivity index (χ2n) is 3.00. The van der Waals surface area contributed by atoms with Crippen LogP contribution in [0.5, 0.6) is 0 Å². The van der Waals surface area contributed by atoms with Crippen LogP contribution in [-0.2, 0) is 4.79 Å². The second-order valence-corrected chi connectivity index (χ2v) is 3.00. The van der Waals surface area contributed by atoms with Gasteiger partial charge in [-0.05, 0) is 26.0 Å². The lowest BCUT2D eigenvalue weighted by atomic mass is 10.4. The highest BCUT2D eigenvalue weighted by molar-refractivity contribution is 5.77. The third-order valence-electron chi connectivity index (χ3n) is 2.07. The number of carbonyl (C=O) groups excluding carboxylic acids is 1. The van der Waals surface area contributed by atoms with E-state index in [1.165, 1.54) is 0 Å². The molecular weight excluding hydrogens is 152 g/mol. The van der Waals surface area contributed by atoms with Crippen molar-refractivity contribution in [1.82, 2.24) is 4.90 Å². The van der Waals surface area contributed by atoms with Crippen molar-refractivity contribution >= 4 is 12.1 Å². The summed E-state index contributed by atoms with van der Waals surface area (Å²) in [6.45, 7) is 4.60. The summed E-state index contributed by atoms with van der Waals surface area (Å²) in [7, 11) is 0. The number of likely N-dealkylation sites (tertiary alicyclic amines) is 1. The van der Waals surface area contributed by atoms with E-state index in [1.54, 1.807) is 0 Å². The Balaban J connectivity index is 2.10. The molecule has 0 aromatic carbocycles. The third-order valence-corrected chi connectivity index (χ3v) is 2.07. The molecule has 0 aliphatic carbocycles. The van der Waals surface area contributed by atoms with E-state index in [0.29, 0.717) is 5.91 Å². The van der Waals surface area contributed by atoms with E-state index in [2.05, 4.69) is 4.99 Å². The van der Waals surface area contributed by atoms with Gasteiger partial charge in [0.2, 0.25) is 5.91 Å². The maximum Gasteiger partial charge on any atom is 0.222 e. The predicted octanol–water partition coefficient (Wildman–Crippen LogP) is 1.09. The summed E-state index contributed by atoms with van der Waals surface area (Å²) in [5, 5.41) is 0. The van der Waals surface area contributed by atoms with Crippen LogP contribution >= 0.6 is 0 Å². The van der Waals surface area contributed by atoms with E-state index >= 15 is 0 Å². The highest BCUT2D eigenvalue weighted by atomic mass is 16.2. The average molecular weight is 168 g/mol. The lowest BCUT2D eigenvalue weighted by molar-refractivity contribution is -0.127. The topological polar surface area (TPSA) is 32.7 Å². The molecule has 3 nitrogen and oxygen atoms in total. The van der Waals surface area contributed by atoms with Crippen molar-refractivity contribution in [2.45, 2.75) is 26.2 Å². The first-order valence-corrected chi connectivity index (χ1v) is 4.57. The van der Waals surface area contributed by atoms with Crippen LogP contribution < -0.4 is 0 Å². The molecule has 1 fully saturated rings. The monoisotopic (exact) mass is 168 g/mol. The first-order chi connectivity index (χ1) is 5.84. The number of hydrogen-bond donors (Lipinski definition) is 0. The van der Waals surface area contributed by atoms with Gasteiger partial charge in [0.05, 0.1) is 0 Å². The zero-order chi connectivity index (χ0) is 8.81. The Morgan fingerprint density at radius 2 is 2.50 bits per heavy atom. The minimum atomic E-state index is 0.315. The molecule has 1 aliphatic rings. The highest BCUT2D eigenvalue weighted by Crippen LogP contribution is 2.09. The van der Waals surface area contributed by atoms with E-state index in [0.717, 1.165) is 38.9 Å². The molecular formula is C9H16N2O. The van der Waals surface area contributed by atoms with Crippen LogP contribution in [0, 0.1) is 0 Å². The summed E-state index contributed by atoms with van der Waals surface area (Å²) < 4.78 is 0. The van der Waals surface area contributed by atoms with Gasteiger partial charge in [-0.2, -0.15) is 0 Å². The van der Waals surface area contributed by atoms with Gasteiger partial charge >= 0.3 is 0 Å². The van der Waals surface area contributed by atoms with Gasteiger partial charge in [-0.1, -0.05) is 0 Å². The Morgan fingerprint density at radius 1 is 1.67 bits per heavy atom. The molecule has 0 unspecified atom stereocenters. The molecule has 3 heteroatoms. The largest absolute Gasteiger partial charge is 0.343 e.